The Kier molecular flexibility index (Phi) is 43.2. The molecule has 2 heteroatoms. The molecule has 0 spiro atoms. The van der Waals surface area contributed by atoms with Gasteiger partial charge in [-0.25, -0.2) is 4.70 Å². The lowest BCUT2D eigenvalue weighted by Gasteiger charge is -2.15. The Bertz CT molecular complexity index is 1650. The van der Waals surface area contributed by atoms with Gasteiger partial charge in [0.15, 0.2) is 0 Å². The van der Waals surface area contributed by atoms with Crippen LogP contribution in [0.4, 0.5) is 0 Å². The van der Waals surface area contributed by atoms with E-state index < -0.39 is 0 Å². The molecule has 434 valence electrons. The molecule has 2 nitrogen and oxygen atoms in total. The summed E-state index contributed by atoms with van der Waals surface area (Å²) in [5.74, 6) is 0. The zero-order chi connectivity index (χ0) is 54.2. The van der Waals surface area contributed by atoms with E-state index in [-0.39, 0.29) is 0 Å². The highest BCUT2D eigenvalue weighted by molar-refractivity contribution is 5.79. The molecule has 3 rings (SSSR count). The van der Waals surface area contributed by atoms with Crippen LogP contribution in [-0.2, 0) is 25.7 Å². The largest absolute Gasteiger partial charge is 0.493 e. The molecule has 0 radical (unpaired) electrons. The highest BCUT2D eigenvalue weighted by Gasteiger charge is 2.30. The average molecular weight is 1050 g/mol. The number of hydrogen-bond donors (Lipinski definition) is 0. The molecule has 76 heavy (non-hydrogen) atoms. The van der Waals surface area contributed by atoms with Gasteiger partial charge < -0.3 is 5.53 Å². The standard InChI is InChI=1S/C74H128N2/c1-6-11-16-21-25-29-33-37-41-45-49-54-66-59-67(55-50-46-42-38-34-30-26-22-17-12-7-2)62-71(61-66)73-65-70(58-53-20-15-10-5)74(76(73)75)72-63-68(56-51-47-43-39-35-31-27-23-18-13-8-3)60-69(64-72)57-52-48-44-40-36-32-28-24-19-14-9-4/h59-65H,6-58H2,1-5H3. The van der Waals surface area contributed by atoms with Crippen molar-refractivity contribution in [2.75, 3.05) is 0 Å². The topological polar surface area (TPSA) is 25.3 Å². The minimum atomic E-state index is 1.00. The van der Waals surface area contributed by atoms with Crippen LogP contribution in [0.25, 0.3) is 16.9 Å². The fourth-order valence-electron chi connectivity index (χ4n) is 12.4. The summed E-state index contributed by atoms with van der Waals surface area (Å²) < 4.78 is 1.66. The van der Waals surface area contributed by atoms with Crippen molar-refractivity contribution >= 4 is 11.4 Å². The summed E-state index contributed by atoms with van der Waals surface area (Å²) in [7, 11) is 0. The summed E-state index contributed by atoms with van der Waals surface area (Å²) in [6.45, 7) is 11.6. The van der Waals surface area contributed by atoms with Gasteiger partial charge in [0.05, 0.1) is 0 Å². The van der Waals surface area contributed by atoms with Crippen LogP contribution in [-0.4, -0.2) is 4.70 Å². The van der Waals surface area contributed by atoms with E-state index in [9.17, 15) is 5.53 Å². The molecule has 0 saturated carbocycles. The first-order valence-electron chi connectivity index (χ1n) is 34.7. The third-order valence-corrected chi connectivity index (χ3v) is 17.3. The van der Waals surface area contributed by atoms with E-state index in [0.29, 0.717) is 0 Å². The van der Waals surface area contributed by atoms with E-state index in [1.165, 1.54) is 347 Å². The fourth-order valence-corrected chi connectivity index (χ4v) is 12.4. The Labute approximate surface area is 475 Å². The summed E-state index contributed by atoms with van der Waals surface area (Å²) in [5, 5.41) is 0. The molecule has 1 aliphatic heterocycles. The summed E-state index contributed by atoms with van der Waals surface area (Å²) in [6, 6.07) is 15.0. The van der Waals surface area contributed by atoms with E-state index in [1.54, 1.807) is 4.70 Å². The van der Waals surface area contributed by atoms with E-state index in [4.69, 9.17) is 0 Å². The zero-order valence-corrected chi connectivity index (χ0v) is 51.9. The van der Waals surface area contributed by atoms with Crippen molar-refractivity contribution < 1.29 is 4.70 Å². The molecule has 0 saturated heterocycles. The highest BCUT2D eigenvalue weighted by atomic mass is 15.2. The average Bonchev–Trinajstić information content (AvgIpc) is 3.77. The van der Waals surface area contributed by atoms with Crippen LogP contribution in [0.3, 0.4) is 0 Å². The normalized spacial score (nSPS) is 12.8. The maximum absolute atomic E-state index is 12.7. The number of aryl methyl sites for hydroxylation is 4. The lowest BCUT2D eigenvalue weighted by Crippen LogP contribution is -2.05. The van der Waals surface area contributed by atoms with Crippen molar-refractivity contribution in [2.24, 2.45) is 0 Å². The van der Waals surface area contributed by atoms with Crippen molar-refractivity contribution in [1.82, 2.24) is 0 Å². The minimum absolute atomic E-state index is 1.00. The third-order valence-electron chi connectivity index (χ3n) is 17.3. The lowest BCUT2D eigenvalue weighted by atomic mass is 9.94. The summed E-state index contributed by atoms with van der Waals surface area (Å²) >= 11 is 0. The first-order chi connectivity index (χ1) is 37.5. The van der Waals surface area contributed by atoms with Crippen molar-refractivity contribution in [2.45, 2.75) is 375 Å². The third kappa shape index (κ3) is 33.2. The molecule has 0 unspecified atom stereocenters. The molecular formula is C74H128N2. The van der Waals surface area contributed by atoms with Crippen molar-refractivity contribution in [3.63, 3.8) is 0 Å². The first-order valence-corrected chi connectivity index (χ1v) is 34.7. The predicted molar refractivity (Wildman–Crippen MR) is 341 cm³/mol. The molecule has 2 aromatic rings. The Morgan fingerprint density at radius 1 is 0.250 bits per heavy atom. The van der Waals surface area contributed by atoms with Crippen LogP contribution < -0.4 is 0 Å². The van der Waals surface area contributed by atoms with Gasteiger partial charge in [0, 0.05) is 22.8 Å². The molecule has 1 aliphatic rings. The van der Waals surface area contributed by atoms with Crippen molar-refractivity contribution in [1.29, 1.82) is 0 Å². The van der Waals surface area contributed by atoms with Crippen LogP contribution in [0.2, 0.25) is 0 Å². The number of allylic oxidation sites excluding steroid dienone is 2. The van der Waals surface area contributed by atoms with Gasteiger partial charge >= 0.3 is 0 Å². The van der Waals surface area contributed by atoms with Crippen LogP contribution in [0.15, 0.2) is 48.0 Å². The second-order valence-corrected chi connectivity index (χ2v) is 24.7. The van der Waals surface area contributed by atoms with Crippen LogP contribution in [0, 0.1) is 0 Å². The number of rotatable bonds is 55. The van der Waals surface area contributed by atoms with Gasteiger partial charge in [0.2, 0.25) is 11.4 Å². The Balaban J connectivity index is 1.80. The second kappa shape index (κ2) is 48.4. The van der Waals surface area contributed by atoms with E-state index >= 15 is 0 Å². The molecule has 0 N–H and O–H groups in total. The monoisotopic (exact) mass is 1050 g/mol. The summed E-state index contributed by atoms with van der Waals surface area (Å²) in [5.41, 5.74) is 24.5. The highest BCUT2D eigenvalue weighted by Crippen LogP contribution is 2.39. The molecule has 0 aromatic heterocycles. The van der Waals surface area contributed by atoms with Gasteiger partial charge in [-0.1, -0.05) is 323 Å². The fraction of sp³-hybridized carbons (Fsp3) is 0.784. The predicted octanol–water partition coefficient (Wildman–Crippen LogP) is 25.9. The van der Waals surface area contributed by atoms with Crippen LogP contribution >= 0.6 is 0 Å². The summed E-state index contributed by atoms with van der Waals surface area (Å²) in [6.07, 6.45) is 73.7. The van der Waals surface area contributed by atoms with Gasteiger partial charge in [-0.05, 0) is 111 Å². The lowest BCUT2D eigenvalue weighted by molar-refractivity contribution is -0.344. The van der Waals surface area contributed by atoms with Crippen LogP contribution in [0.1, 0.15) is 383 Å². The van der Waals surface area contributed by atoms with Gasteiger partial charge in [0.1, 0.15) is 0 Å². The van der Waals surface area contributed by atoms with Crippen molar-refractivity contribution in [3.8, 4) is 0 Å². The number of hydrogen-bond acceptors (Lipinski definition) is 0. The van der Waals surface area contributed by atoms with E-state index in [2.05, 4.69) is 77.1 Å². The van der Waals surface area contributed by atoms with Crippen molar-refractivity contribution in [3.05, 3.63) is 87.0 Å². The molecule has 0 atom stereocenters. The summed E-state index contributed by atoms with van der Waals surface area (Å²) in [4.78, 5) is 0. The number of benzene rings is 2. The molecular weight excluding hydrogens is 917 g/mol. The molecule has 0 bridgehead atoms. The SMILES string of the molecule is CCCCCCCCCCCCCc1cc(CCCCCCCCCCCCC)cc(C2=CC(CCCCCC)=C(c3cc(CCCCCCCCCCCCC)cc(CCCCCCCCCCCCC)c3)[N+]2=[N-])c1. The molecule has 0 amide bonds. The Morgan fingerprint density at radius 3 is 0.724 bits per heavy atom. The molecule has 2 aromatic carbocycles. The van der Waals surface area contributed by atoms with E-state index in [1.807, 2.05) is 0 Å². The first kappa shape index (κ1) is 67.8. The van der Waals surface area contributed by atoms with Gasteiger partial charge in [-0.15, -0.1) is 0 Å². The smallest absolute Gasteiger partial charge is 0.210 e. The minimum Gasteiger partial charge on any atom is -0.493 e. The second-order valence-electron chi connectivity index (χ2n) is 24.7. The van der Waals surface area contributed by atoms with Gasteiger partial charge in [-0.3, -0.25) is 0 Å². The molecule has 0 aliphatic carbocycles. The van der Waals surface area contributed by atoms with Gasteiger partial charge in [0.25, 0.3) is 0 Å². The maximum Gasteiger partial charge on any atom is 0.210 e. The van der Waals surface area contributed by atoms with Gasteiger partial charge in [-0.2, -0.15) is 0 Å². The quantitative estimate of drug-likeness (QED) is 0.0466. The molecule has 1 heterocycles. The van der Waals surface area contributed by atoms with Crippen LogP contribution in [0.5, 0.6) is 0 Å². The number of nitrogens with zero attached hydrogens (tertiary/aromatic N) is 2. The Hall–Kier alpha value is -2.48. The Morgan fingerprint density at radius 2 is 0.461 bits per heavy atom. The zero-order valence-electron chi connectivity index (χ0n) is 51.9. The number of unbranched alkanes of at least 4 members (excludes halogenated alkanes) is 43. The van der Waals surface area contributed by atoms with E-state index in [0.717, 1.165) is 43.5 Å². The maximum atomic E-state index is 12.7. The molecule has 0 fully saturated rings.